The fraction of sp³-hybridized carbons (Fsp3) is 0.930. The van der Waals surface area contributed by atoms with Gasteiger partial charge in [-0.15, -0.1) is 0 Å². The highest BCUT2D eigenvalue weighted by Gasteiger charge is 2.57. The summed E-state index contributed by atoms with van der Waals surface area (Å²) >= 11 is 0. The van der Waals surface area contributed by atoms with Crippen molar-refractivity contribution < 1.29 is 109 Å². The van der Waals surface area contributed by atoms with Crippen molar-refractivity contribution in [1.82, 2.24) is 0 Å². The molecule has 0 aromatic heterocycles. The first-order valence-corrected chi connectivity index (χ1v) is 23.1. The summed E-state index contributed by atoms with van der Waals surface area (Å²) in [7, 11) is 1.50. The van der Waals surface area contributed by atoms with Crippen LogP contribution in [0.5, 0.6) is 0 Å². The minimum Gasteiger partial charge on any atom is -0.454 e. The second-order valence-electron chi connectivity index (χ2n) is 19.1. The van der Waals surface area contributed by atoms with E-state index >= 15 is 0 Å². The summed E-state index contributed by atoms with van der Waals surface area (Å²) in [5, 5.41) is 128. The number of ether oxygens (including phenoxy) is 9. The van der Waals surface area contributed by atoms with Gasteiger partial charge in [-0.1, -0.05) is 6.08 Å². The lowest BCUT2D eigenvalue weighted by atomic mass is 9.72. The van der Waals surface area contributed by atoms with E-state index in [9.17, 15) is 66.1 Å². The molecule has 374 valence electrons. The normalized spacial score (nSPS) is 51.0. The van der Waals surface area contributed by atoms with Gasteiger partial charge in [-0.2, -0.15) is 0 Å². The molecule has 0 radical (unpaired) electrons. The first-order valence-electron chi connectivity index (χ1n) is 23.1. The van der Waals surface area contributed by atoms with E-state index in [1.54, 1.807) is 6.08 Å². The van der Waals surface area contributed by atoms with Crippen molar-refractivity contribution in [2.45, 2.75) is 212 Å². The average Bonchev–Trinajstić information content (AvgIpc) is 3.29. The van der Waals surface area contributed by atoms with Crippen LogP contribution in [-0.4, -0.2) is 233 Å². The quantitative estimate of drug-likeness (QED) is 0.0470. The topological polar surface area (TPSA) is 346 Å². The molecule has 0 aromatic rings. The van der Waals surface area contributed by atoms with Gasteiger partial charge < -0.3 is 104 Å². The molecule has 9 unspecified atom stereocenters. The molecule has 0 bridgehead atoms. The van der Waals surface area contributed by atoms with Gasteiger partial charge in [0.25, 0.3) is 0 Å². The first-order chi connectivity index (χ1) is 31.0. The van der Waals surface area contributed by atoms with Crippen molar-refractivity contribution in [3.8, 4) is 0 Å². The van der Waals surface area contributed by atoms with E-state index in [4.69, 9.17) is 42.6 Å². The number of carbonyl (C=O) groups is 1. The Bertz CT molecular complexity index is 1530. The highest BCUT2D eigenvalue weighted by molar-refractivity contribution is 5.82. The van der Waals surface area contributed by atoms with Crippen LogP contribution in [0.25, 0.3) is 0 Å². The number of hydrogen-bond acceptors (Lipinski definition) is 21. The molecular weight excluding hydrogens is 868 g/mol. The van der Waals surface area contributed by atoms with E-state index in [0.717, 1.165) is 0 Å². The summed E-state index contributed by atoms with van der Waals surface area (Å²) in [6.45, 7) is 0.295. The summed E-state index contributed by atoms with van der Waals surface area (Å²) in [4.78, 5) is 12.7. The Hall–Kier alpha value is -1.59. The SMILES string of the molecule is COC1CC(C2[OH+]C3CC(O)CC(O[C@@H]4O[C@H](CO)[C@@H](O)[C@H](O)[C@H]4O)C3CC2O[C@@H]2O[C@H](CO[C@@H]3O[C@@H](C)[C@H](OC(=O)C=CC4CCC(O)CC4)[C@@H](O)[C@H]3O)[C@@H](O)[C@H](O)[C@H]2O)CCC1O. The van der Waals surface area contributed by atoms with Crippen LogP contribution < -0.4 is 0 Å². The Kier molecular flexibility index (Phi) is 17.7. The molecule has 7 aliphatic rings. The summed E-state index contributed by atoms with van der Waals surface area (Å²) in [6.07, 6.45) is -21.1. The molecule has 65 heavy (non-hydrogen) atoms. The lowest BCUT2D eigenvalue weighted by Gasteiger charge is -2.50. The van der Waals surface area contributed by atoms with Crippen LogP contribution in [0.4, 0.5) is 0 Å². The van der Waals surface area contributed by atoms with Gasteiger partial charge in [-0.05, 0) is 64.2 Å². The molecule has 4 saturated heterocycles. The summed E-state index contributed by atoms with van der Waals surface area (Å²) in [5.74, 6) is -1.40. The fourth-order valence-electron chi connectivity index (χ4n) is 10.7. The van der Waals surface area contributed by atoms with Crippen LogP contribution in [-0.2, 0) is 42.7 Å². The summed E-state index contributed by atoms with van der Waals surface area (Å²) < 4.78 is 52.2. The van der Waals surface area contributed by atoms with Crippen LogP contribution in [0, 0.1) is 17.8 Å². The molecule has 7 fully saturated rings. The van der Waals surface area contributed by atoms with Crippen LogP contribution in [0.15, 0.2) is 12.2 Å². The molecule has 0 spiro atoms. The predicted octanol–water partition coefficient (Wildman–Crippen LogP) is -4.52. The molecule has 0 amide bonds. The number of aliphatic hydroxyl groups is 14. The molecule has 3 saturated carbocycles. The zero-order valence-corrected chi connectivity index (χ0v) is 36.6. The number of rotatable bonds is 13. The molecule has 24 atom stereocenters. The van der Waals surface area contributed by atoms with Gasteiger partial charge in [0.05, 0.1) is 55.8 Å². The van der Waals surface area contributed by atoms with Crippen molar-refractivity contribution in [2.24, 2.45) is 17.8 Å². The Balaban J connectivity index is 1.02. The zero-order valence-electron chi connectivity index (χ0n) is 36.6. The lowest BCUT2D eigenvalue weighted by Crippen LogP contribution is -2.64. The number of hydrogen-bond donors (Lipinski definition) is 12. The molecular formula is C43H71O22+. The van der Waals surface area contributed by atoms with Gasteiger partial charge >= 0.3 is 5.97 Å². The maximum Gasteiger partial charge on any atom is 0.330 e. The molecule has 7 rings (SSSR count). The predicted molar refractivity (Wildman–Crippen MR) is 217 cm³/mol. The largest absolute Gasteiger partial charge is 0.454 e. The molecule has 22 heteroatoms. The van der Waals surface area contributed by atoms with Crippen molar-refractivity contribution in [1.29, 1.82) is 0 Å². The third-order valence-corrected chi connectivity index (χ3v) is 14.7. The van der Waals surface area contributed by atoms with E-state index in [2.05, 4.69) is 0 Å². The van der Waals surface area contributed by atoms with E-state index in [0.29, 0.717) is 44.9 Å². The molecule has 4 aliphatic heterocycles. The van der Waals surface area contributed by atoms with E-state index in [1.165, 1.54) is 20.1 Å². The number of allylic oxidation sites excluding steroid dienone is 1. The molecule has 4 heterocycles. The Morgan fingerprint density at radius 2 is 1.28 bits per heavy atom. The van der Waals surface area contributed by atoms with Gasteiger partial charge in [0.1, 0.15) is 67.1 Å². The van der Waals surface area contributed by atoms with Crippen LogP contribution in [0.3, 0.4) is 0 Å². The van der Waals surface area contributed by atoms with Crippen molar-refractivity contribution in [3.63, 3.8) is 0 Å². The van der Waals surface area contributed by atoms with E-state index in [-0.39, 0.29) is 37.2 Å². The zero-order chi connectivity index (χ0) is 46.9. The monoisotopic (exact) mass is 939 g/mol. The number of aliphatic hydroxyl groups excluding tert-OH is 12. The van der Waals surface area contributed by atoms with E-state index in [1.807, 2.05) is 0 Å². The second-order valence-corrected chi connectivity index (χ2v) is 19.1. The van der Waals surface area contributed by atoms with Gasteiger partial charge in [-0.25, -0.2) is 4.79 Å². The average molecular weight is 940 g/mol. The molecule has 0 aromatic carbocycles. The van der Waals surface area contributed by atoms with Crippen LogP contribution >= 0.6 is 0 Å². The van der Waals surface area contributed by atoms with Gasteiger partial charge in [-0.3, -0.25) is 0 Å². The molecule has 13 N–H and O–H groups in total. The smallest absolute Gasteiger partial charge is 0.330 e. The van der Waals surface area contributed by atoms with Crippen LogP contribution in [0.2, 0.25) is 0 Å². The fourth-order valence-corrected chi connectivity index (χ4v) is 10.7. The number of esters is 1. The Labute approximate surface area is 376 Å². The molecule has 3 aliphatic carbocycles. The van der Waals surface area contributed by atoms with E-state index < -0.39 is 160 Å². The standard InChI is InChI=1S/C43H70O22/c1-17-39(65-30(48)10-5-18-3-7-20(45)8-4-18)35(53)38(56)41(59-17)58-16-29-32(50)34(52)37(55)43(64-29)62-27-14-22-24(60-40(27)19-6-9-23(47)26(11-19)57-2)12-21(46)13-25(22)61-42-36(54)33(51)31(49)28(15-44)63-42/h5,10,17-29,31-47,49-56H,3-4,6-9,11-16H2,1-2H3/p+1/t17-,18?,19?,20?,21?,22?,23?,24?,25?,26?,27?,28+,29+,31+,32+,33-,34-,35-,36+,37+,38+,39-,40?,41+,42+,43+/m0/s1. The Morgan fingerprint density at radius 1 is 0.646 bits per heavy atom. The highest BCUT2D eigenvalue weighted by atomic mass is 16.7. The van der Waals surface area contributed by atoms with Crippen molar-refractivity contribution in [2.75, 3.05) is 20.3 Å². The lowest BCUT2D eigenvalue weighted by molar-refractivity contribution is -0.370. The number of fused-ring (bicyclic) bond motifs is 1. The number of methoxy groups -OCH3 is 1. The number of carbonyl (C=O) groups excluding carboxylic acids is 1. The van der Waals surface area contributed by atoms with Gasteiger partial charge in [0, 0.05) is 31.9 Å². The van der Waals surface area contributed by atoms with Gasteiger partial charge in [0.15, 0.2) is 37.2 Å². The highest BCUT2D eigenvalue weighted by Crippen LogP contribution is 2.44. The first kappa shape index (κ1) is 51.3. The van der Waals surface area contributed by atoms with Crippen molar-refractivity contribution >= 4 is 5.97 Å². The minimum absolute atomic E-state index is 0.0623. The molecule has 22 nitrogen and oxygen atoms in total. The third-order valence-electron chi connectivity index (χ3n) is 14.7. The maximum absolute atomic E-state index is 12.7. The third kappa shape index (κ3) is 11.7. The summed E-state index contributed by atoms with van der Waals surface area (Å²) in [6, 6.07) is 0. The van der Waals surface area contributed by atoms with Crippen molar-refractivity contribution in [3.05, 3.63) is 12.2 Å². The second kappa shape index (κ2) is 22.4. The Morgan fingerprint density at radius 3 is 1.94 bits per heavy atom. The van der Waals surface area contributed by atoms with Gasteiger partial charge in [0.2, 0.25) is 0 Å². The minimum atomic E-state index is -1.82. The summed E-state index contributed by atoms with van der Waals surface area (Å²) in [5.41, 5.74) is 0. The van der Waals surface area contributed by atoms with Crippen LogP contribution in [0.1, 0.15) is 71.1 Å². The maximum atomic E-state index is 12.7.